The number of rotatable bonds is 8. The van der Waals surface area contributed by atoms with Crippen molar-refractivity contribution >= 4 is 11.9 Å². The molecule has 2 aromatic heterocycles. The van der Waals surface area contributed by atoms with Crippen molar-refractivity contribution in [2.75, 3.05) is 0 Å². The Morgan fingerprint density at radius 1 is 0.795 bits per heavy atom. The molecule has 0 saturated heterocycles. The molecule has 0 spiro atoms. The van der Waals surface area contributed by atoms with Gasteiger partial charge in [-0.1, -0.05) is 68.9 Å². The maximum atomic E-state index is 12.0. The van der Waals surface area contributed by atoms with Gasteiger partial charge < -0.3 is 18.7 Å². The first kappa shape index (κ1) is 28.6. The summed E-state index contributed by atoms with van der Waals surface area (Å²) >= 11 is 0. The molecule has 0 atom stereocenters. The normalized spacial score (nSPS) is 16.4. The second-order valence-corrected chi connectivity index (χ2v) is 10.7. The van der Waals surface area contributed by atoms with Crippen LogP contribution < -0.4 is 0 Å². The molecule has 0 amide bonds. The molecule has 0 unspecified atom stereocenters. The number of aryl methyl sites for hydroxylation is 2. The van der Waals surface area contributed by atoms with Crippen LogP contribution in [0.15, 0.2) is 39.2 Å². The number of carboxylic acids is 1. The summed E-state index contributed by atoms with van der Waals surface area (Å²) in [6, 6.07) is 9.69. The lowest BCUT2D eigenvalue weighted by Crippen LogP contribution is -2.09. The van der Waals surface area contributed by atoms with Gasteiger partial charge in [-0.05, 0) is 45.1 Å². The number of carboxylic acid groups (broad SMARTS) is 1. The predicted molar refractivity (Wildman–Crippen MR) is 145 cm³/mol. The van der Waals surface area contributed by atoms with Gasteiger partial charge in [-0.2, -0.15) is 0 Å². The van der Waals surface area contributed by atoms with Crippen LogP contribution in [0.25, 0.3) is 0 Å². The molecule has 39 heavy (non-hydrogen) atoms. The van der Waals surface area contributed by atoms with E-state index in [0.29, 0.717) is 35.6 Å². The summed E-state index contributed by atoms with van der Waals surface area (Å²) in [4.78, 5) is 31.5. The summed E-state index contributed by atoms with van der Waals surface area (Å²) in [6.45, 7) is 3.96. The summed E-state index contributed by atoms with van der Waals surface area (Å²) in [5.41, 5.74) is 2.28. The zero-order valence-electron chi connectivity index (χ0n) is 23.1. The number of hydrogen-bond acceptors (Lipinski definition) is 7. The molecule has 0 radical (unpaired) electrons. The largest absolute Gasteiger partial charge is 0.481 e. The number of aliphatic carboxylic acids is 1. The zero-order valence-corrected chi connectivity index (χ0v) is 23.1. The van der Waals surface area contributed by atoms with Crippen molar-refractivity contribution in [1.29, 1.82) is 0 Å². The monoisotopic (exact) mass is 536 g/mol. The molecule has 8 nitrogen and oxygen atoms in total. The third-order valence-electron chi connectivity index (χ3n) is 7.60. The number of hydrogen-bond donors (Lipinski definition) is 1. The van der Waals surface area contributed by atoms with Crippen molar-refractivity contribution in [2.24, 2.45) is 0 Å². The zero-order chi connectivity index (χ0) is 27.6. The van der Waals surface area contributed by atoms with Gasteiger partial charge >= 0.3 is 11.9 Å². The van der Waals surface area contributed by atoms with E-state index in [0.717, 1.165) is 48.8 Å². The molecule has 0 bridgehead atoms. The highest BCUT2D eigenvalue weighted by Gasteiger charge is 2.24. The van der Waals surface area contributed by atoms with E-state index < -0.39 is 5.97 Å². The van der Waals surface area contributed by atoms with Crippen molar-refractivity contribution in [3.63, 3.8) is 0 Å². The molecule has 2 fully saturated rings. The lowest BCUT2D eigenvalue weighted by atomic mass is 9.89. The number of aromatic nitrogens is 2. The molecule has 1 aromatic carbocycles. The van der Waals surface area contributed by atoms with Crippen LogP contribution in [0.5, 0.6) is 0 Å². The summed E-state index contributed by atoms with van der Waals surface area (Å²) in [5.74, 6) is 2.63. The van der Waals surface area contributed by atoms with Crippen LogP contribution in [0.4, 0.5) is 0 Å². The fourth-order valence-electron chi connectivity index (χ4n) is 5.35. The van der Waals surface area contributed by atoms with Gasteiger partial charge in [0.05, 0.1) is 24.2 Å². The summed E-state index contributed by atoms with van der Waals surface area (Å²) < 4.78 is 16.7. The van der Waals surface area contributed by atoms with E-state index in [-0.39, 0.29) is 18.8 Å². The Kier molecular flexibility index (Phi) is 10.3. The first-order valence-electron chi connectivity index (χ1n) is 14.2. The number of carbonyl (C=O) groups excluding carboxylic acids is 1. The molecule has 2 saturated carbocycles. The second-order valence-electron chi connectivity index (χ2n) is 10.7. The summed E-state index contributed by atoms with van der Waals surface area (Å²) in [5, 5.41) is 8.73. The average molecular weight is 537 g/mol. The highest BCUT2D eigenvalue weighted by molar-refractivity contribution is 5.72. The molecular formula is C31H40N2O6. The summed E-state index contributed by atoms with van der Waals surface area (Å²) in [7, 11) is 0. The van der Waals surface area contributed by atoms with Gasteiger partial charge in [-0.15, -0.1) is 0 Å². The van der Waals surface area contributed by atoms with Crippen LogP contribution in [-0.4, -0.2) is 27.0 Å². The second kappa shape index (κ2) is 14.1. The van der Waals surface area contributed by atoms with Crippen LogP contribution in [-0.2, 0) is 33.8 Å². The van der Waals surface area contributed by atoms with Crippen LogP contribution >= 0.6 is 0 Å². The van der Waals surface area contributed by atoms with Gasteiger partial charge in [0, 0.05) is 11.8 Å². The molecule has 2 heterocycles. The van der Waals surface area contributed by atoms with Crippen LogP contribution in [0.2, 0.25) is 0 Å². The molecular weight excluding hydrogens is 496 g/mol. The van der Waals surface area contributed by atoms with Crippen molar-refractivity contribution in [1.82, 2.24) is 9.97 Å². The lowest BCUT2D eigenvalue weighted by molar-refractivity contribution is -0.144. The Bertz CT molecular complexity index is 1200. The fraction of sp³-hybridized carbons (Fsp3) is 0.548. The van der Waals surface area contributed by atoms with E-state index in [4.69, 9.17) is 18.7 Å². The maximum Gasteiger partial charge on any atom is 0.312 e. The van der Waals surface area contributed by atoms with E-state index >= 15 is 0 Å². The van der Waals surface area contributed by atoms with Crippen molar-refractivity contribution in [3.8, 4) is 0 Å². The number of esters is 1. The Balaban J connectivity index is 0.000000193. The van der Waals surface area contributed by atoms with Gasteiger partial charge in [0.1, 0.15) is 18.1 Å². The molecule has 5 rings (SSSR count). The minimum absolute atomic E-state index is 0.0396. The first-order chi connectivity index (χ1) is 18.9. The Hall–Kier alpha value is -3.42. The molecule has 3 aromatic rings. The molecule has 8 heteroatoms. The maximum absolute atomic E-state index is 12.0. The van der Waals surface area contributed by atoms with Gasteiger partial charge in [0.15, 0.2) is 11.8 Å². The van der Waals surface area contributed by atoms with Crippen molar-refractivity contribution in [3.05, 3.63) is 70.6 Å². The van der Waals surface area contributed by atoms with E-state index in [2.05, 4.69) is 9.97 Å². The predicted octanol–water partition coefficient (Wildman–Crippen LogP) is 6.97. The Morgan fingerprint density at radius 2 is 1.28 bits per heavy atom. The molecule has 210 valence electrons. The Morgan fingerprint density at radius 3 is 1.77 bits per heavy atom. The van der Waals surface area contributed by atoms with Gasteiger partial charge in [0.25, 0.3) is 0 Å². The number of nitrogens with zero attached hydrogens (tertiary/aromatic N) is 2. The third kappa shape index (κ3) is 8.53. The number of ether oxygens (including phenoxy) is 1. The Labute approximate surface area is 230 Å². The minimum Gasteiger partial charge on any atom is -0.481 e. The van der Waals surface area contributed by atoms with E-state index in [1.807, 2.05) is 37.3 Å². The average Bonchev–Trinajstić information content (AvgIpc) is 3.50. The number of benzene rings is 1. The van der Waals surface area contributed by atoms with Crippen LogP contribution in [0.1, 0.15) is 116 Å². The summed E-state index contributed by atoms with van der Waals surface area (Å²) in [6.07, 6.45) is 12.2. The van der Waals surface area contributed by atoms with E-state index in [1.54, 1.807) is 6.92 Å². The van der Waals surface area contributed by atoms with Gasteiger partial charge in [-0.3, -0.25) is 9.59 Å². The highest BCUT2D eigenvalue weighted by Crippen LogP contribution is 2.34. The molecule has 2 aliphatic rings. The SMILES string of the molecule is Cc1oc(C2CCCCC2)nc1CC(=O)O.Cc1oc(C2CCCCC2)nc1CC(=O)OCc1ccccc1. The topological polar surface area (TPSA) is 116 Å². The van der Waals surface area contributed by atoms with Crippen molar-refractivity contribution in [2.45, 2.75) is 109 Å². The molecule has 2 aliphatic carbocycles. The quantitative estimate of drug-likeness (QED) is 0.307. The molecule has 1 N–H and O–H groups in total. The third-order valence-corrected chi connectivity index (χ3v) is 7.60. The van der Waals surface area contributed by atoms with Crippen molar-refractivity contribution < 1.29 is 28.3 Å². The smallest absolute Gasteiger partial charge is 0.312 e. The standard InChI is InChI=1S/C19H23NO3.C12H17NO3/c1-14-17(20-19(23-14)16-10-6-3-7-11-16)12-18(21)22-13-15-8-4-2-5-9-15;1-8-10(7-11(14)15)13-12(16-8)9-5-3-2-4-6-9/h2,4-5,8-9,16H,3,6-7,10-13H2,1H3;9H,2-7H2,1H3,(H,14,15). The van der Waals surface area contributed by atoms with Gasteiger partial charge in [0.2, 0.25) is 0 Å². The van der Waals surface area contributed by atoms with E-state index in [9.17, 15) is 9.59 Å². The lowest BCUT2D eigenvalue weighted by Gasteiger charge is -2.17. The van der Waals surface area contributed by atoms with E-state index in [1.165, 1.54) is 38.5 Å². The first-order valence-corrected chi connectivity index (χ1v) is 14.2. The fourth-order valence-corrected chi connectivity index (χ4v) is 5.35. The van der Waals surface area contributed by atoms with Crippen LogP contribution in [0.3, 0.4) is 0 Å². The molecule has 0 aliphatic heterocycles. The number of carbonyl (C=O) groups is 2. The van der Waals surface area contributed by atoms with Crippen LogP contribution in [0, 0.1) is 13.8 Å². The number of oxazole rings is 2. The van der Waals surface area contributed by atoms with Gasteiger partial charge in [-0.25, -0.2) is 9.97 Å². The highest BCUT2D eigenvalue weighted by atomic mass is 16.5. The minimum atomic E-state index is -0.855.